The van der Waals surface area contributed by atoms with Crippen molar-refractivity contribution >= 4 is 5.69 Å². The van der Waals surface area contributed by atoms with Crippen molar-refractivity contribution in [1.82, 2.24) is 9.97 Å². The van der Waals surface area contributed by atoms with Gasteiger partial charge in [0.15, 0.2) is 0 Å². The minimum atomic E-state index is -0.399. The number of benzene rings is 1. The van der Waals surface area contributed by atoms with Gasteiger partial charge in [0.2, 0.25) is 5.75 Å². The Morgan fingerprint density at radius 1 is 1.39 bits per heavy atom. The Labute approximate surface area is 103 Å². The number of H-pyrrole nitrogens is 1. The van der Waals surface area contributed by atoms with Crippen LogP contribution in [-0.2, 0) is 0 Å². The van der Waals surface area contributed by atoms with Crippen LogP contribution in [0.4, 0.5) is 5.69 Å². The van der Waals surface area contributed by atoms with Gasteiger partial charge in [-0.2, -0.15) is 0 Å². The summed E-state index contributed by atoms with van der Waals surface area (Å²) in [7, 11) is 1.38. The molecule has 0 atom stereocenters. The van der Waals surface area contributed by atoms with E-state index < -0.39 is 5.56 Å². The zero-order chi connectivity index (χ0) is 13.1. The normalized spacial score (nSPS) is 10.1. The van der Waals surface area contributed by atoms with Gasteiger partial charge in [-0.3, -0.25) is 4.79 Å². The number of nitrogen functional groups attached to an aromatic ring is 1. The second-order valence-corrected chi connectivity index (χ2v) is 3.64. The van der Waals surface area contributed by atoms with E-state index in [2.05, 4.69) is 9.97 Å². The Balaban J connectivity index is 2.43. The molecule has 0 saturated carbocycles. The molecule has 2 rings (SSSR count). The molecule has 0 fully saturated rings. The van der Waals surface area contributed by atoms with Gasteiger partial charge < -0.3 is 20.2 Å². The van der Waals surface area contributed by atoms with Crippen molar-refractivity contribution in [1.29, 1.82) is 0 Å². The summed E-state index contributed by atoms with van der Waals surface area (Å²) in [5.74, 6) is 0.667. The van der Waals surface area contributed by atoms with Crippen LogP contribution in [0.5, 0.6) is 17.4 Å². The maximum atomic E-state index is 11.5. The molecule has 0 amide bonds. The van der Waals surface area contributed by atoms with E-state index in [9.17, 15) is 4.79 Å². The van der Waals surface area contributed by atoms with Crippen LogP contribution < -0.4 is 20.8 Å². The molecular formula is C12H13N3O3. The van der Waals surface area contributed by atoms with Crippen LogP contribution in [0, 0.1) is 6.92 Å². The van der Waals surface area contributed by atoms with Crippen LogP contribution in [0.1, 0.15) is 5.56 Å². The Morgan fingerprint density at radius 2 is 2.17 bits per heavy atom. The highest BCUT2D eigenvalue weighted by Crippen LogP contribution is 2.30. The van der Waals surface area contributed by atoms with Crippen molar-refractivity contribution in [2.24, 2.45) is 0 Å². The fraction of sp³-hybridized carbons (Fsp3) is 0.167. The van der Waals surface area contributed by atoms with Gasteiger partial charge in [-0.05, 0) is 19.1 Å². The van der Waals surface area contributed by atoms with Crippen molar-refractivity contribution in [2.75, 3.05) is 12.8 Å². The van der Waals surface area contributed by atoms with Crippen LogP contribution in [0.25, 0.3) is 0 Å². The Bertz CT molecular complexity index is 622. The average Bonchev–Trinajstić information content (AvgIpc) is 2.35. The molecule has 1 aromatic carbocycles. The summed E-state index contributed by atoms with van der Waals surface area (Å²) in [5.41, 5.74) is 6.76. The van der Waals surface area contributed by atoms with Gasteiger partial charge in [0.05, 0.1) is 13.4 Å². The highest BCUT2D eigenvalue weighted by Gasteiger charge is 2.13. The zero-order valence-electron chi connectivity index (χ0n) is 10.1. The molecule has 0 bridgehead atoms. The molecular weight excluding hydrogens is 234 g/mol. The lowest BCUT2D eigenvalue weighted by Gasteiger charge is -2.10. The van der Waals surface area contributed by atoms with Crippen LogP contribution in [-0.4, -0.2) is 17.1 Å². The standard InChI is InChI=1S/C12H13N3O3/c1-7-8(13)4-3-5-9(7)18-12-10(17-2)11(16)14-6-15-12/h3-6H,13H2,1-2H3,(H,14,15,16). The molecule has 1 aromatic heterocycles. The highest BCUT2D eigenvalue weighted by molar-refractivity contribution is 5.54. The second-order valence-electron chi connectivity index (χ2n) is 3.64. The van der Waals surface area contributed by atoms with Crippen molar-refractivity contribution in [3.63, 3.8) is 0 Å². The summed E-state index contributed by atoms with van der Waals surface area (Å²) in [6.07, 6.45) is 1.25. The topological polar surface area (TPSA) is 90.2 Å². The average molecular weight is 247 g/mol. The first kappa shape index (κ1) is 12.0. The lowest BCUT2D eigenvalue weighted by Crippen LogP contribution is -2.11. The van der Waals surface area contributed by atoms with Crippen LogP contribution in [0.3, 0.4) is 0 Å². The van der Waals surface area contributed by atoms with Crippen LogP contribution in [0.2, 0.25) is 0 Å². The maximum absolute atomic E-state index is 11.5. The number of aromatic nitrogens is 2. The number of methoxy groups -OCH3 is 1. The third kappa shape index (κ3) is 2.13. The van der Waals surface area contributed by atoms with E-state index in [4.69, 9.17) is 15.2 Å². The molecule has 0 spiro atoms. The van der Waals surface area contributed by atoms with Gasteiger partial charge in [0.1, 0.15) is 5.75 Å². The minimum Gasteiger partial charge on any atom is -0.487 e. The molecule has 6 heteroatoms. The third-order valence-corrected chi connectivity index (χ3v) is 2.51. The summed E-state index contributed by atoms with van der Waals surface area (Å²) in [6.45, 7) is 1.82. The first-order chi connectivity index (χ1) is 8.63. The number of nitrogens with zero attached hydrogens (tertiary/aromatic N) is 1. The SMILES string of the molecule is COc1c(Oc2cccc(N)c2C)nc[nH]c1=O. The van der Waals surface area contributed by atoms with E-state index in [0.717, 1.165) is 5.56 Å². The lowest BCUT2D eigenvalue weighted by atomic mass is 10.2. The van der Waals surface area contributed by atoms with Gasteiger partial charge in [0.25, 0.3) is 11.4 Å². The van der Waals surface area contributed by atoms with Gasteiger partial charge in [0, 0.05) is 11.3 Å². The number of anilines is 1. The van der Waals surface area contributed by atoms with E-state index >= 15 is 0 Å². The van der Waals surface area contributed by atoms with Gasteiger partial charge >= 0.3 is 0 Å². The molecule has 0 aliphatic rings. The maximum Gasteiger partial charge on any atom is 0.297 e. The molecule has 0 radical (unpaired) electrons. The molecule has 1 heterocycles. The number of nitrogens with two attached hydrogens (primary N) is 1. The third-order valence-electron chi connectivity index (χ3n) is 2.51. The predicted octanol–water partition coefficient (Wildman–Crippen LogP) is 1.46. The number of hydrogen-bond acceptors (Lipinski definition) is 5. The fourth-order valence-electron chi connectivity index (χ4n) is 1.47. The molecule has 2 aromatic rings. The van der Waals surface area contributed by atoms with Gasteiger partial charge in [-0.15, -0.1) is 0 Å². The number of rotatable bonds is 3. The van der Waals surface area contributed by atoms with E-state index in [1.807, 2.05) is 6.92 Å². The van der Waals surface area contributed by atoms with Gasteiger partial charge in [-0.1, -0.05) is 6.07 Å². The summed E-state index contributed by atoms with van der Waals surface area (Å²) in [6, 6.07) is 5.27. The van der Waals surface area contributed by atoms with Crippen LogP contribution >= 0.6 is 0 Å². The van der Waals surface area contributed by atoms with E-state index in [0.29, 0.717) is 11.4 Å². The fourth-order valence-corrected chi connectivity index (χ4v) is 1.47. The Hall–Kier alpha value is -2.50. The van der Waals surface area contributed by atoms with Crippen LogP contribution in [0.15, 0.2) is 29.3 Å². The zero-order valence-corrected chi connectivity index (χ0v) is 10.1. The summed E-state index contributed by atoms with van der Waals surface area (Å²) < 4.78 is 10.5. The number of hydrogen-bond donors (Lipinski definition) is 2. The van der Waals surface area contributed by atoms with Crippen molar-refractivity contribution in [3.05, 3.63) is 40.4 Å². The Morgan fingerprint density at radius 3 is 2.89 bits per heavy atom. The van der Waals surface area contributed by atoms with Crippen molar-refractivity contribution < 1.29 is 9.47 Å². The van der Waals surface area contributed by atoms with E-state index in [-0.39, 0.29) is 11.6 Å². The first-order valence-corrected chi connectivity index (χ1v) is 5.28. The summed E-state index contributed by atoms with van der Waals surface area (Å²) >= 11 is 0. The second kappa shape index (κ2) is 4.79. The summed E-state index contributed by atoms with van der Waals surface area (Å²) in [5, 5.41) is 0. The molecule has 0 aliphatic carbocycles. The molecule has 0 saturated heterocycles. The molecule has 0 unspecified atom stereocenters. The first-order valence-electron chi connectivity index (χ1n) is 5.28. The lowest BCUT2D eigenvalue weighted by molar-refractivity contribution is 0.362. The monoisotopic (exact) mass is 247 g/mol. The molecule has 3 N–H and O–H groups in total. The summed E-state index contributed by atoms with van der Waals surface area (Å²) in [4.78, 5) is 17.8. The molecule has 6 nitrogen and oxygen atoms in total. The number of nitrogens with one attached hydrogen (secondary N) is 1. The molecule has 18 heavy (non-hydrogen) atoms. The number of aromatic amines is 1. The van der Waals surface area contributed by atoms with E-state index in [1.165, 1.54) is 13.4 Å². The van der Waals surface area contributed by atoms with Crippen molar-refractivity contribution in [3.8, 4) is 17.4 Å². The van der Waals surface area contributed by atoms with E-state index in [1.54, 1.807) is 18.2 Å². The number of ether oxygens (including phenoxy) is 2. The highest BCUT2D eigenvalue weighted by atomic mass is 16.5. The quantitative estimate of drug-likeness (QED) is 0.801. The Kier molecular flexibility index (Phi) is 3.18. The van der Waals surface area contributed by atoms with Gasteiger partial charge in [-0.25, -0.2) is 4.98 Å². The largest absolute Gasteiger partial charge is 0.487 e. The molecule has 94 valence electrons. The van der Waals surface area contributed by atoms with Crippen molar-refractivity contribution in [2.45, 2.75) is 6.92 Å². The molecule has 0 aliphatic heterocycles. The minimum absolute atomic E-state index is 0.0272. The predicted molar refractivity (Wildman–Crippen MR) is 67.1 cm³/mol. The smallest absolute Gasteiger partial charge is 0.297 e.